The van der Waals surface area contributed by atoms with Crippen molar-refractivity contribution in [3.05, 3.63) is 34.8 Å². The molecule has 2 heterocycles. The van der Waals surface area contributed by atoms with Crippen molar-refractivity contribution in [2.45, 2.75) is 38.8 Å². The van der Waals surface area contributed by atoms with Gasteiger partial charge in [-0.1, -0.05) is 0 Å². The van der Waals surface area contributed by atoms with E-state index in [1.807, 2.05) is 38.1 Å². The third-order valence-corrected chi connectivity index (χ3v) is 5.43. The fourth-order valence-electron chi connectivity index (χ4n) is 2.83. The third kappa shape index (κ3) is 3.60. The van der Waals surface area contributed by atoms with E-state index >= 15 is 0 Å². The van der Waals surface area contributed by atoms with Gasteiger partial charge in [0, 0.05) is 12.2 Å². The van der Waals surface area contributed by atoms with Gasteiger partial charge >= 0.3 is 0 Å². The number of amides is 1. The maximum atomic E-state index is 12.6. The Kier molecular flexibility index (Phi) is 5.16. The molecule has 0 bridgehead atoms. The first kappa shape index (κ1) is 16.9. The van der Waals surface area contributed by atoms with Crippen LogP contribution in [0.1, 0.15) is 35.1 Å². The molecule has 1 aromatic carbocycles. The summed E-state index contributed by atoms with van der Waals surface area (Å²) < 4.78 is 10.8. The second kappa shape index (κ2) is 7.32. The van der Waals surface area contributed by atoms with E-state index in [9.17, 15) is 4.79 Å². The van der Waals surface area contributed by atoms with E-state index in [1.165, 1.54) is 11.3 Å². The average molecular weight is 346 g/mol. The summed E-state index contributed by atoms with van der Waals surface area (Å²) in [7, 11) is 1.64. The number of ether oxygens (including phenoxy) is 2. The SMILES string of the molecule is COc1ccc(-c2nc(C)c(C(=O)NC(C)C3CCCO3)s2)cc1. The van der Waals surface area contributed by atoms with Crippen LogP contribution in [0.5, 0.6) is 5.75 Å². The normalized spacial score (nSPS) is 18.4. The number of nitrogens with one attached hydrogen (secondary N) is 1. The molecular weight excluding hydrogens is 324 g/mol. The van der Waals surface area contributed by atoms with Crippen LogP contribution in [0, 0.1) is 6.92 Å². The molecule has 128 valence electrons. The predicted molar refractivity (Wildman–Crippen MR) is 94.7 cm³/mol. The summed E-state index contributed by atoms with van der Waals surface area (Å²) in [5, 5.41) is 3.89. The number of aromatic nitrogens is 1. The molecule has 2 unspecified atom stereocenters. The molecule has 2 atom stereocenters. The lowest BCUT2D eigenvalue weighted by Crippen LogP contribution is -2.40. The second-order valence-electron chi connectivity index (χ2n) is 5.98. The first-order valence-electron chi connectivity index (χ1n) is 8.13. The summed E-state index contributed by atoms with van der Waals surface area (Å²) in [6.45, 7) is 4.65. The summed E-state index contributed by atoms with van der Waals surface area (Å²) in [5.74, 6) is 0.725. The topological polar surface area (TPSA) is 60.5 Å². The monoisotopic (exact) mass is 346 g/mol. The highest BCUT2D eigenvalue weighted by molar-refractivity contribution is 7.17. The van der Waals surface area contributed by atoms with Gasteiger partial charge in [-0.05, 0) is 51.0 Å². The second-order valence-corrected chi connectivity index (χ2v) is 6.97. The van der Waals surface area contributed by atoms with Crippen molar-refractivity contribution in [2.24, 2.45) is 0 Å². The zero-order valence-corrected chi connectivity index (χ0v) is 15.0. The Bertz CT molecular complexity index is 706. The molecule has 1 aromatic heterocycles. The fraction of sp³-hybridized carbons (Fsp3) is 0.444. The lowest BCUT2D eigenvalue weighted by Gasteiger charge is -2.19. The van der Waals surface area contributed by atoms with Crippen LogP contribution in [0.3, 0.4) is 0 Å². The standard InChI is InChI=1S/C18H22N2O3S/c1-11(15-5-4-10-23-15)19-17(21)16-12(2)20-18(24-16)13-6-8-14(22-3)9-7-13/h6-9,11,15H,4-5,10H2,1-3H3,(H,19,21). The number of rotatable bonds is 5. The minimum atomic E-state index is -0.0761. The van der Waals surface area contributed by atoms with E-state index in [-0.39, 0.29) is 18.1 Å². The van der Waals surface area contributed by atoms with Crippen LogP contribution in [-0.4, -0.2) is 36.8 Å². The van der Waals surface area contributed by atoms with Crippen LogP contribution >= 0.6 is 11.3 Å². The van der Waals surface area contributed by atoms with Gasteiger partial charge in [-0.25, -0.2) is 4.98 Å². The Balaban J connectivity index is 1.73. The van der Waals surface area contributed by atoms with E-state index < -0.39 is 0 Å². The van der Waals surface area contributed by atoms with Crippen molar-refractivity contribution in [1.29, 1.82) is 0 Å². The van der Waals surface area contributed by atoms with Gasteiger partial charge in [-0.3, -0.25) is 4.79 Å². The minimum absolute atomic E-state index is 0.00550. The molecule has 1 aliphatic heterocycles. The number of thiazole rings is 1. The maximum absolute atomic E-state index is 12.6. The fourth-order valence-corrected chi connectivity index (χ4v) is 3.80. The van der Waals surface area contributed by atoms with Crippen molar-refractivity contribution >= 4 is 17.2 Å². The maximum Gasteiger partial charge on any atom is 0.263 e. The number of methoxy groups -OCH3 is 1. The number of carbonyl (C=O) groups excluding carboxylic acids is 1. The summed E-state index contributed by atoms with van der Waals surface area (Å²) in [5.41, 5.74) is 1.73. The van der Waals surface area contributed by atoms with Crippen LogP contribution in [0.2, 0.25) is 0 Å². The van der Waals surface area contributed by atoms with Crippen molar-refractivity contribution in [1.82, 2.24) is 10.3 Å². The molecule has 3 rings (SSSR count). The number of hydrogen-bond donors (Lipinski definition) is 1. The first-order chi connectivity index (χ1) is 11.6. The van der Waals surface area contributed by atoms with Crippen LogP contribution in [-0.2, 0) is 4.74 Å². The average Bonchev–Trinajstić information content (AvgIpc) is 3.24. The van der Waals surface area contributed by atoms with Crippen molar-refractivity contribution < 1.29 is 14.3 Å². The highest BCUT2D eigenvalue weighted by Crippen LogP contribution is 2.29. The molecule has 1 fully saturated rings. The van der Waals surface area contributed by atoms with Gasteiger partial charge in [0.25, 0.3) is 5.91 Å². The summed E-state index contributed by atoms with van der Waals surface area (Å²) in [6.07, 6.45) is 2.18. The van der Waals surface area contributed by atoms with Gasteiger partial charge in [0.15, 0.2) is 0 Å². The van der Waals surface area contributed by atoms with Gasteiger partial charge in [0.05, 0.1) is 24.9 Å². The molecule has 0 aliphatic carbocycles. The number of nitrogens with zero attached hydrogens (tertiary/aromatic N) is 1. The van der Waals surface area contributed by atoms with E-state index in [1.54, 1.807) is 7.11 Å². The minimum Gasteiger partial charge on any atom is -0.497 e. The molecule has 24 heavy (non-hydrogen) atoms. The number of hydrogen-bond acceptors (Lipinski definition) is 5. The molecule has 0 radical (unpaired) electrons. The van der Waals surface area contributed by atoms with Crippen LogP contribution in [0.15, 0.2) is 24.3 Å². The molecule has 2 aromatic rings. The third-order valence-electron chi connectivity index (χ3n) is 4.22. The van der Waals surface area contributed by atoms with Crippen LogP contribution in [0.25, 0.3) is 10.6 Å². The molecular formula is C18H22N2O3S. The van der Waals surface area contributed by atoms with Crippen molar-refractivity contribution in [3.8, 4) is 16.3 Å². The molecule has 6 heteroatoms. The van der Waals surface area contributed by atoms with E-state index in [4.69, 9.17) is 9.47 Å². The van der Waals surface area contributed by atoms with Gasteiger partial charge in [-0.2, -0.15) is 0 Å². The summed E-state index contributed by atoms with van der Waals surface area (Å²) in [4.78, 5) is 17.8. The van der Waals surface area contributed by atoms with Gasteiger partial charge in [-0.15, -0.1) is 11.3 Å². The number of benzene rings is 1. The Morgan fingerprint density at radius 3 is 2.79 bits per heavy atom. The molecule has 1 saturated heterocycles. The lowest BCUT2D eigenvalue weighted by molar-refractivity contribution is 0.0714. The Morgan fingerprint density at radius 2 is 2.17 bits per heavy atom. The van der Waals surface area contributed by atoms with Crippen molar-refractivity contribution in [3.63, 3.8) is 0 Å². The van der Waals surface area contributed by atoms with Crippen LogP contribution < -0.4 is 10.1 Å². The summed E-state index contributed by atoms with van der Waals surface area (Å²) >= 11 is 1.41. The van der Waals surface area contributed by atoms with Crippen LogP contribution in [0.4, 0.5) is 0 Å². The molecule has 1 aliphatic rings. The first-order valence-corrected chi connectivity index (χ1v) is 8.94. The van der Waals surface area contributed by atoms with Crippen molar-refractivity contribution in [2.75, 3.05) is 13.7 Å². The predicted octanol–water partition coefficient (Wildman–Crippen LogP) is 3.42. The molecule has 0 spiro atoms. The molecule has 1 N–H and O–H groups in total. The molecule has 0 saturated carbocycles. The summed E-state index contributed by atoms with van der Waals surface area (Å²) in [6, 6.07) is 7.70. The highest BCUT2D eigenvalue weighted by Gasteiger charge is 2.25. The zero-order chi connectivity index (χ0) is 17.1. The Hall–Kier alpha value is -1.92. The number of carbonyl (C=O) groups is 1. The number of aryl methyl sites for hydroxylation is 1. The smallest absolute Gasteiger partial charge is 0.263 e. The van der Waals surface area contributed by atoms with E-state index in [2.05, 4.69) is 10.3 Å². The zero-order valence-electron chi connectivity index (χ0n) is 14.2. The van der Waals surface area contributed by atoms with Gasteiger partial charge in [0.1, 0.15) is 15.6 Å². The highest BCUT2D eigenvalue weighted by atomic mass is 32.1. The van der Waals surface area contributed by atoms with E-state index in [0.29, 0.717) is 4.88 Å². The quantitative estimate of drug-likeness (QED) is 0.901. The molecule has 5 nitrogen and oxygen atoms in total. The Labute approximate surface area is 146 Å². The largest absolute Gasteiger partial charge is 0.497 e. The lowest BCUT2D eigenvalue weighted by atomic mass is 10.1. The van der Waals surface area contributed by atoms with E-state index in [0.717, 1.165) is 41.5 Å². The Morgan fingerprint density at radius 1 is 1.42 bits per heavy atom. The molecule has 1 amide bonds. The van der Waals surface area contributed by atoms with Gasteiger partial charge in [0.2, 0.25) is 0 Å². The van der Waals surface area contributed by atoms with Gasteiger partial charge < -0.3 is 14.8 Å².